The van der Waals surface area contributed by atoms with Gasteiger partial charge in [0.2, 0.25) is 11.8 Å². The topological polar surface area (TPSA) is 65.5 Å². The van der Waals surface area contributed by atoms with Gasteiger partial charge in [0.25, 0.3) is 0 Å². The summed E-state index contributed by atoms with van der Waals surface area (Å²) in [6.45, 7) is 4.43. The van der Waals surface area contributed by atoms with Gasteiger partial charge in [0.15, 0.2) is 0 Å². The van der Waals surface area contributed by atoms with E-state index in [0.717, 1.165) is 12.3 Å². The van der Waals surface area contributed by atoms with E-state index in [4.69, 9.17) is 11.6 Å². The number of rotatable bonds is 3. The number of piperazine rings is 1. The van der Waals surface area contributed by atoms with Crippen molar-refractivity contribution in [3.05, 3.63) is 22.8 Å². The Morgan fingerprint density at radius 3 is 2.36 bits per heavy atom. The predicted molar refractivity (Wildman–Crippen MR) is 86.3 cm³/mol. The van der Waals surface area contributed by atoms with E-state index in [-0.39, 0.29) is 22.7 Å². The summed E-state index contributed by atoms with van der Waals surface area (Å²) in [7, 11) is 0. The molecule has 0 bridgehead atoms. The predicted octanol–water partition coefficient (Wildman–Crippen LogP) is 1.93. The second kappa shape index (κ2) is 7.47. The van der Waals surface area contributed by atoms with E-state index in [9.17, 15) is 22.8 Å². The third-order valence-corrected chi connectivity index (χ3v) is 4.11. The van der Waals surface area contributed by atoms with Crippen LogP contribution in [0.25, 0.3) is 0 Å². The molecule has 2 heterocycles. The number of halogens is 4. The molecule has 0 saturated carbocycles. The fraction of sp³-hybridized carbons (Fsp3) is 0.533. The molecule has 138 valence electrons. The van der Waals surface area contributed by atoms with Gasteiger partial charge in [0, 0.05) is 39.3 Å². The number of amides is 2. The van der Waals surface area contributed by atoms with Crippen LogP contribution in [0, 0.1) is 0 Å². The normalized spacial score (nSPS) is 16.6. The summed E-state index contributed by atoms with van der Waals surface area (Å²) in [4.78, 5) is 30.4. The van der Waals surface area contributed by atoms with Crippen LogP contribution in [-0.4, -0.2) is 53.9 Å². The minimum absolute atomic E-state index is 0.0822. The molecule has 0 spiro atoms. The first-order chi connectivity index (χ1) is 11.6. The fourth-order valence-corrected chi connectivity index (χ4v) is 2.88. The maximum absolute atomic E-state index is 12.7. The molecule has 0 aliphatic carbocycles. The molecule has 1 saturated heterocycles. The first-order valence-corrected chi connectivity index (χ1v) is 8.01. The monoisotopic (exact) mass is 378 g/mol. The largest absolute Gasteiger partial charge is 0.417 e. The van der Waals surface area contributed by atoms with Crippen LogP contribution in [0.1, 0.15) is 19.4 Å². The number of anilines is 1. The number of carbonyl (C=O) groups excluding carboxylic acids is 2. The van der Waals surface area contributed by atoms with E-state index in [1.165, 1.54) is 6.92 Å². The van der Waals surface area contributed by atoms with Crippen molar-refractivity contribution in [3.63, 3.8) is 0 Å². The van der Waals surface area contributed by atoms with E-state index in [0.29, 0.717) is 26.2 Å². The van der Waals surface area contributed by atoms with Gasteiger partial charge < -0.3 is 15.1 Å². The SMILES string of the molecule is CC(=O)NC(C)C(=O)N1CCN(c2ncc(C(F)(F)F)cc2Cl)CC1. The molecule has 0 radical (unpaired) electrons. The molecule has 2 rings (SSSR count). The van der Waals surface area contributed by atoms with E-state index in [2.05, 4.69) is 10.3 Å². The smallest absolute Gasteiger partial charge is 0.352 e. The molecule has 1 aromatic heterocycles. The third-order valence-electron chi connectivity index (χ3n) is 3.83. The third kappa shape index (κ3) is 4.75. The second-order valence-electron chi connectivity index (χ2n) is 5.76. The molecule has 1 aliphatic rings. The maximum Gasteiger partial charge on any atom is 0.417 e. The van der Waals surface area contributed by atoms with E-state index in [1.54, 1.807) is 16.7 Å². The van der Waals surface area contributed by atoms with Crippen LogP contribution in [0.3, 0.4) is 0 Å². The zero-order valence-electron chi connectivity index (χ0n) is 13.7. The van der Waals surface area contributed by atoms with Crippen LogP contribution < -0.4 is 10.2 Å². The van der Waals surface area contributed by atoms with Gasteiger partial charge in [0.05, 0.1) is 10.6 Å². The van der Waals surface area contributed by atoms with Crippen LogP contribution in [0.4, 0.5) is 19.0 Å². The summed E-state index contributed by atoms with van der Waals surface area (Å²) in [6.07, 6.45) is -3.75. The molecule has 1 aromatic rings. The van der Waals surface area contributed by atoms with Crippen LogP contribution in [0.15, 0.2) is 12.3 Å². The summed E-state index contributed by atoms with van der Waals surface area (Å²) in [5, 5.41) is 2.45. The fourth-order valence-electron chi connectivity index (χ4n) is 2.60. The molecule has 1 aliphatic heterocycles. The Labute approximate surface area is 147 Å². The lowest BCUT2D eigenvalue weighted by molar-refractivity contribution is -0.138. The molecule has 2 amide bonds. The van der Waals surface area contributed by atoms with Crippen molar-refractivity contribution < 1.29 is 22.8 Å². The molecule has 25 heavy (non-hydrogen) atoms. The first kappa shape index (κ1) is 19.3. The van der Waals surface area contributed by atoms with Crippen molar-refractivity contribution in [2.75, 3.05) is 31.1 Å². The highest BCUT2D eigenvalue weighted by Crippen LogP contribution is 2.33. The number of hydrogen-bond donors (Lipinski definition) is 1. The molecule has 1 N–H and O–H groups in total. The Kier molecular flexibility index (Phi) is 5.76. The number of carbonyl (C=O) groups is 2. The molecule has 1 unspecified atom stereocenters. The average Bonchev–Trinajstić information content (AvgIpc) is 2.53. The second-order valence-corrected chi connectivity index (χ2v) is 6.17. The molecular formula is C15H18ClF3N4O2. The molecule has 1 atom stereocenters. The van der Waals surface area contributed by atoms with Gasteiger partial charge in [-0.25, -0.2) is 4.98 Å². The Balaban J connectivity index is 2.00. The lowest BCUT2D eigenvalue weighted by Gasteiger charge is -2.36. The number of aromatic nitrogens is 1. The number of nitrogens with zero attached hydrogens (tertiary/aromatic N) is 3. The Bertz CT molecular complexity index is 661. The van der Waals surface area contributed by atoms with E-state index in [1.807, 2.05) is 0 Å². The Hall–Kier alpha value is -2.03. The number of hydrogen-bond acceptors (Lipinski definition) is 4. The van der Waals surface area contributed by atoms with Gasteiger partial charge in [-0.1, -0.05) is 11.6 Å². The van der Waals surface area contributed by atoms with Crippen molar-refractivity contribution in [2.24, 2.45) is 0 Å². The summed E-state index contributed by atoms with van der Waals surface area (Å²) in [6, 6.07) is 0.220. The highest BCUT2D eigenvalue weighted by Gasteiger charge is 2.32. The highest BCUT2D eigenvalue weighted by molar-refractivity contribution is 6.33. The van der Waals surface area contributed by atoms with Crippen molar-refractivity contribution in [1.29, 1.82) is 0 Å². The zero-order valence-corrected chi connectivity index (χ0v) is 14.5. The Morgan fingerprint density at radius 2 is 1.88 bits per heavy atom. The molecule has 0 aromatic carbocycles. The summed E-state index contributed by atoms with van der Waals surface area (Å²) in [5.41, 5.74) is -0.904. The van der Waals surface area contributed by atoms with Crippen molar-refractivity contribution in [1.82, 2.24) is 15.2 Å². The van der Waals surface area contributed by atoms with Crippen LogP contribution in [0.5, 0.6) is 0 Å². The molecule has 1 fully saturated rings. The molecular weight excluding hydrogens is 361 g/mol. The van der Waals surface area contributed by atoms with Crippen molar-refractivity contribution in [2.45, 2.75) is 26.1 Å². The molecule has 10 heteroatoms. The van der Waals surface area contributed by atoms with Gasteiger partial charge in [-0.3, -0.25) is 9.59 Å². The van der Waals surface area contributed by atoms with Crippen LogP contribution >= 0.6 is 11.6 Å². The van der Waals surface area contributed by atoms with E-state index < -0.39 is 17.8 Å². The Morgan fingerprint density at radius 1 is 1.28 bits per heavy atom. The summed E-state index contributed by atoms with van der Waals surface area (Å²) >= 11 is 5.94. The number of pyridine rings is 1. The quantitative estimate of drug-likeness (QED) is 0.872. The lowest BCUT2D eigenvalue weighted by Crippen LogP contribution is -2.54. The number of nitrogens with one attached hydrogen (secondary N) is 1. The first-order valence-electron chi connectivity index (χ1n) is 7.63. The van der Waals surface area contributed by atoms with Gasteiger partial charge in [-0.05, 0) is 13.0 Å². The van der Waals surface area contributed by atoms with Crippen LogP contribution in [-0.2, 0) is 15.8 Å². The van der Waals surface area contributed by atoms with Crippen molar-refractivity contribution in [3.8, 4) is 0 Å². The van der Waals surface area contributed by atoms with Gasteiger partial charge in [0.1, 0.15) is 11.9 Å². The summed E-state index contributed by atoms with van der Waals surface area (Å²) < 4.78 is 38.0. The zero-order chi connectivity index (χ0) is 18.8. The van der Waals surface area contributed by atoms with Gasteiger partial charge in [-0.15, -0.1) is 0 Å². The average molecular weight is 379 g/mol. The molecule has 6 nitrogen and oxygen atoms in total. The van der Waals surface area contributed by atoms with Crippen LogP contribution in [0.2, 0.25) is 5.02 Å². The highest BCUT2D eigenvalue weighted by atomic mass is 35.5. The van der Waals surface area contributed by atoms with Gasteiger partial charge in [-0.2, -0.15) is 13.2 Å². The minimum atomic E-state index is -4.50. The standard InChI is InChI=1S/C15H18ClF3N4O2/c1-9(21-10(2)24)14(25)23-5-3-22(4-6-23)13-12(16)7-11(8-20-13)15(17,18)19/h7-9H,3-6H2,1-2H3,(H,21,24). The lowest BCUT2D eigenvalue weighted by atomic mass is 10.2. The number of alkyl halides is 3. The maximum atomic E-state index is 12.7. The van der Waals surface area contributed by atoms with Gasteiger partial charge >= 0.3 is 6.18 Å². The van der Waals surface area contributed by atoms with Crippen molar-refractivity contribution >= 4 is 29.2 Å². The minimum Gasteiger partial charge on any atom is -0.352 e. The van der Waals surface area contributed by atoms with E-state index >= 15 is 0 Å². The summed E-state index contributed by atoms with van der Waals surface area (Å²) in [5.74, 6) is -0.238.